The molecule has 1 saturated carbocycles. The fourth-order valence-corrected chi connectivity index (χ4v) is 3.76. The van der Waals surface area contributed by atoms with E-state index in [1.54, 1.807) is 18.4 Å². The number of thiazole rings is 1. The van der Waals surface area contributed by atoms with Gasteiger partial charge in [-0.2, -0.15) is 0 Å². The maximum absolute atomic E-state index is 11.9. The summed E-state index contributed by atoms with van der Waals surface area (Å²) in [7, 11) is 5.76. The molecule has 0 radical (unpaired) electrons. The van der Waals surface area contributed by atoms with Crippen LogP contribution < -0.4 is 20.9 Å². The Morgan fingerprint density at radius 3 is 2.36 bits per heavy atom. The van der Waals surface area contributed by atoms with Gasteiger partial charge >= 0.3 is 6.09 Å². The molecule has 158 valence electrons. The van der Waals surface area contributed by atoms with Gasteiger partial charge in [0.2, 0.25) is 0 Å². The average Bonchev–Trinajstić information content (AvgIpc) is 3.07. The summed E-state index contributed by atoms with van der Waals surface area (Å²) >= 11 is 1.63. The van der Waals surface area contributed by atoms with Crippen LogP contribution in [0, 0.1) is 0 Å². The summed E-state index contributed by atoms with van der Waals surface area (Å²) in [6.07, 6.45) is 3.46. The molecule has 1 aliphatic rings. The number of ether oxygens (including phenoxy) is 1. The molecule has 1 aromatic rings. The van der Waals surface area contributed by atoms with Crippen molar-refractivity contribution in [3.63, 3.8) is 0 Å². The maximum atomic E-state index is 11.9. The molecule has 9 heteroatoms. The van der Waals surface area contributed by atoms with E-state index in [9.17, 15) is 4.79 Å². The van der Waals surface area contributed by atoms with Crippen molar-refractivity contribution in [2.45, 2.75) is 70.7 Å². The van der Waals surface area contributed by atoms with Crippen LogP contribution in [-0.4, -0.2) is 55.9 Å². The highest BCUT2D eigenvalue weighted by Gasteiger charge is 2.25. The van der Waals surface area contributed by atoms with Crippen molar-refractivity contribution >= 4 is 28.5 Å². The number of hydrogen-bond donors (Lipinski definition) is 3. The van der Waals surface area contributed by atoms with Gasteiger partial charge in [-0.3, -0.25) is 4.99 Å². The van der Waals surface area contributed by atoms with E-state index >= 15 is 0 Å². The van der Waals surface area contributed by atoms with E-state index in [4.69, 9.17) is 4.74 Å². The Morgan fingerprint density at radius 1 is 1.25 bits per heavy atom. The molecule has 0 unspecified atom stereocenters. The minimum atomic E-state index is -0.467. The lowest BCUT2D eigenvalue weighted by atomic mass is 9.91. The molecule has 3 N–H and O–H groups in total. The largest absolute Gasteiger partial charge is 0.444 e. The molecule has 8 nitrogen and oxygen atoms in total. The third-order valence-electron chi connectivity index (χ3n) is 4.37. The number of aliphatic imine (C=N–C) groups is 1. The number of nitrogens with one attached hydrogen (secondary N) is 3. The topological polar surface area (TPSA) is 90.9 Å². The number of hydrogen-bond acceptors (Lipinski definition) is 6. The molecule has 0 atom stereocenters. The number of aromatic nitrogens is 1. The second kappa shape index (κ2) is 9.95. The second-order valence-electron chi connectivity index (χ2n) is 8.28. The Morgan fingerprint density at radius 2 is 1.86 bits per heavy atom. The first kappa shape index (κ1) is 22.3. The Hall–Kier alpha value is -2.03. The standard InChI is InChI=1S/C19H34N6O2S/c1-19(2,3)27-18(26)24-14-9-7-13(8-10-14)22-16(20-4)21-11-15-12-28-17(23-15)25(5)6/h12-14H,7-11H2,1-6H3,(H,24,26)(H2,20,21,22). The molecule has 1 fully saturated rings. The molecule has 1 amide bonds. The number of amides is 1. The van der Waals surface area contributed by atoms with Gasteiger partial charge in [0.05, 0.1) is 12.2 Å². The smallest absolute Gasteiger partial charge is 0.407 e. The van der Waals surface area contributed by atoms with Gasteiger partial charge in [0.15, 0.2) is 11.1 Å². The summed E-state index contributed by atoms with van der Waals surface area (Å²) in [5.74, 6) is 0.781. The minimum Gasteiger partial charge on any atom is -0.444 e. The summed E-state index contributed by atoms with van der Waals surface area (Å²) in [5, 5.41) is 12.8. The molecular formula is C19H34N6O2S. The van der Waals surface area contributed by atoms with Crippen LogP contribution in [0.3, 0.4) is 0 Å². The highest BCUT2D eigenvalue weighted by atomic mass is 32.1. The monoisotopic (exact) mass is 410 g/mol. The highest BCUT2D eigenvalue weighted by Crippen LogP contribution is 2.20. The number of guanidine groups is 1. The van der Waals surface area contributed by atoms with Gasteiger partial charge in [-0.05, 0) is 46.5 Å². The van der Waals surface area contributed by atoms with Crippen LogP contribution in [0.2, 0.25) is 0 Å². The number of carbonyl (C=O) groups is 1. The van der Waals surface area contributed by atoms with Crippen LogP contribution in [0.5, 0.6) is 0 Å². The van der Waals surface area contributed by atoms with E-state index < -0.39 is 5.60 Å². The third-order valence-corrected chi connectivity index (χ3v) is 5.43. The lowest BCUT2D eigenvalue weighted by Gasteiger charge is -2.31. The Bertz CT molecular complexity index is 660. The zero-order chi connectivity index (χ0) is 20.7. The van der Waals surface area contributed by atoms with Gasteiger partial charge in [-0.1, -0.05) is 0 Å². The van der Waals surface area contributed by atoms with E-state index in [1.165, 1.54) is 0 Å². The molecule has 28 heavy (non-hydrogen) atoms. The van der Waals surface area contributed by atoms with E-state index in [0.29, 0.717) is 12.6 Å². The Balaban J connectivity index is 1.72. The van der Waals surface area contributed by atoms with Gasteiger partial charge in [-0.15, -0.1) is 11.3 Å². The number of nitrogens with zero attached hydrogens (tertiary/aromatic N) is 3. The van der Waals surface area contributed by atoms with Crippen molar-refractivity contribution in [1.29, 1.82) is 0 Å². The molecule has 0 aromatic carbocycles. The molecule has 2 rings (SSSR count). The van der Waals surface area contributed by atoms with E-state index in [0.717, 1.165) is 42.5 Å². The SMILES string of the molecule is CN=C(NCc1csc(N(C)C)n1)NC1CCC(NC(=O)OC(C)(C)C)CC1. The first-order valence-corrected chi connectivity index (χ1v) is 10.6. The summed E-state index contributed by atoms with van der Waals surface area (Å²) in [6, 6.07) is 0.512. The van der Waals surface area contributed by atoms with Gasteiger partial charge < -0.3 is 25.6 Å². The van der Waals surface area contributed by atoms with E-state index in [1.807, 2.05) is 39.8 Å². The molecular weight excluding hydrogens is 376 g/mol. The van der Waals surface area contributed by atoms with Crippen LogP contribution in [-0.2, 0) is 11.3 Å². The van der Waals surface area contributed by atoms with Crippen molar-refractivity contribution in [1.82, 2.24) is 20.9 Å². The lowest BCUT2D eigenvalue weighted by molar-refractivity contribution is 0.0490. The molecule has 1 aliphatic carbocycles. The average molecular weight is 411 g/mol. The minimum absolute atomic E-state index is 0.169. The summed E-state index contributed by atoms with van der Waals surface area (Å²) in [6.45, 7) is 6.26. The van der Waals surface area contributed by atoms with Crippen LogP contribution in [0.15, 0.2) is 10.4 Å². The van der Waals surface area contributed by atoms with Crippen molar-refractivity contribution in [2.75, 3.05) is 26.0 Å². The van der Waals surface area contributed by atoms with Gasteiger partial charge in [0, 0.05) is 38.6 Å². The summed E-state index contributed by atoms with van der Waals surface area (Å²) in [4.78, 5) is 22.8. The van der Waals surface area contributed by atoms with Crippen LogP contribution in [0.1, 0.15) is 52.1 Å². The van der Waals surface area contributed by atoms with Gasteiger partial charge in [0.1, 0.15) is 5.60 Å². The zero-order valence-electron chi connectivity index (χ0n) is 17.8. The fraction of sp³-hybridized carbons (Fsp3) is 0.737. The van der Waals surface area contributed by atoms with E-state index in [-0.39, 0.29) is 12.1 Å². The Labute approximate surface area is 172 Å². The lowest BCUT2D eigenvalue weighted by Crippen LogP contribution is -2.47. The van der Waals surface area contributed by atoms with Crippen molar-refractivity contribution in [2.24, 2.45) is 4.99 Å². The number of alkyl carbamates (subject to hydrolysis) is 1. The first-order valence-electron chi connectivity index (χ1n) is 9.74. The molecule has 0 spiro atoms. The highest BCUT2D eigenvalue weighted by molar-refractivity contribution is 7.13. The maximum Gasteiger partial charge on any atom is 0.407 e. The van der Waals surface area contributed by atoms with Crippen molar-refractivity contribution < 1.29 is 9.53 Å². The first-order chi connectivity index (χ1) is 13.2. The molecule has 0 aliphatic heterocycles. The number of carbonyl (C=O) groups excluding carboxylic acids is 1. The van der Waals surface area contributed by atoms with Crippen molar-refractivity contribution in [3.8, 4) is 0 Å². The zero-order valence-corrected chi connectivity index (χ0v) is 18.7. The second-order valence-corrected chi connectivity index (χ2v) is 9.12. The number of rotatable bonds is 5. The molecule has 0 saturated heterocycles. The normalized spacial score (nSPS) is 20.4. The van der Waals surface area contributed by atoms with Gasteiger partial charge in [0.25, 0.3) is 0 Å². The fourth-order valence-electron chi connectivity index (χ4n) is 3.00. The van der Waals surface area contributed by atoms with Crippen LogP contribution >= 0.6 is 11.3 Å². The molecule has 1 aromatic heterocycles. The predicted octanol–water partition coefficient (Wildman–Crippen LogP) is 2.71. The third kappa shape index (κ3) is 7.53. The summed E-state index contributed by atoms with van der Waals surface area (Å²) in [5.41, 5.74) is 0.535. The number of anilines is 1. The predicted molar refractivity (Wildman–Crippen MR) is 115 cm³/mol. The quantitative estimate of drug-likeness (QED) is 0.511. The summed E-state index contributed by atoms with van der Waals surface area (Å²) < 4.78 is 5.34. The Kier molecular flexibility index (Phi) is 7.91. The van der Waals surface area contributed by atoms with Crippen LogP contribution in [0.4, 0.5) is 9.93 Å². The van der Waals surface area contributed by atoms with E-state index in [2.05, 4.69) is 31.3 Å². The van der Waals surface area contributed by atoms with Gasteiger partial charge in [-0.25, -0.2) is 9.78 Å². The van der Waals surface area contributed by atoms with Crippen LogP contribution in [0.25, 0.3) is 0 Å². The molecule has 1 heterocycles. The van der Waals surface area contributed by atoms with Crippen molar-refractivity contribution in [3.05, 3.63) is 11.1 Å². The molecule has 0 bridgehead atoms.